The number of aromatic nitrogens is 3. The van der Waals surface area contributed by atoms with E-state index in [-0.39, 0.29) is 12.4 Å². The summed E-state index contributed by atoms with van der Waals surface area (Å²) in [5.74, 6) is -1.19. The van der Waals surface area contributed by atoms with E-state index < -0.39 is 5.97 Å². The summed E-state index contributed by atoms with van der Waals surface area (Å²) < 4.78 is 14.9. The first kappa shape index (κ1) is 15.0. The Kier molecular flexibility index (Phi) is 3.92. The second kappa shape index (κ2) is 6.04. The van der Waals surface area contributed by atoms with Gasteiger partial charge in [-0.15, -0.1) is 5.10 Å². The molecule has 0 saturated carbocycles. The lowest BCUT2D eigenvalue weighted by Crippen LogP contribution is -2.24. The van der Waals surface area contributed by atoms with Crippen molar-refractivity contribution < 1.29 is 14.3 Å². The summed E-state index contributed by atoms with van der Waals surface area (Å²) in [6.45, 7) is 0.321. The Labute approximate surface area is 131 Å². The molecule has 6 nitrogen and oxygen atoms in total. The molecule has 1 heterocycles. The Hall–Kier alpha value is -2.96. The number of hydrogen-bond donors (Lipinski definition) is 1. The lowest BCUT2D eigenvalue weighted by Gasteiger charge is -2.16. The van der Waals surface area contributed by atoms with Gasteiger partial charge in [0.15, 0.2) is 0 Å². The lowest BCUT2D eigenvalue weighted by molar-refractivity contribution is -0.135. The summed E-state index contributed by atoms with van der Waals surface area (Å²) >= 11 is 0. The summed E-state index contributed by atoms with van der Waals surface area (Å²) in [6.07, 6.45) is 0. The second-order valence-corrected chi connectivity index (χ2v) is 5.30. The molecular formula is C16H15FN4O2. The molecule has 3 rings (SSSR count). The molecule has 23 heavy (non-hydrogen) atoms. The molecule has 0 aliphatic heterocycles. The van der Waals surface area contributed by atoms with Gasteiger partial charge in [0.25, 0.3) is 0 Å². The maximum atomic E-state index is 13.3. The van der Waals surface area contributed by atoms with Gasteiger partial charge in [-0.1, -0.05) is 17.3 Å². The van der Waals surface area contributed by atoms with E-state index in [9.17, 15) is 9.18 Å². The molecule has 0 spiro atoms. The van der Waals surface area contributed by atoms with Gasteiger partial charge in [-0.05, 0) is 35.9 Å². The van der Waals surface area contributed by atoms with Gasteiger partial charge in [-0.2, -0.15) is 0 Å². The van der Waals surface area contributed by atoms with Crippen molar-refractivity contribution >= 4 is 22.7 Å². The molecule has 0 saturated heterocycles. The van der Waals surface area contributed by atoms with Gasteiger partial charge in [0.1, 0.15) is 17.9 Å². The summed E-state index contributed by atoms with van der Waals surface area (Å²) in [6, 6.07) is 11.8. The van der Waals surface area contributed by atoms with Crippen LogP contribution in [0.3, 0.4) is 0 Å². The van der Waals surface area contributed by atoms with E-state index >= 15 is 0 Å². The zero-order valence-electron chi connectivity index (χ0n) is 12.5. The number of hydrogen-bond acceptors (Lipinski definition) is 4. The maximum absolute atomic E-state index is 13.3. The number of aliphatic carboxylic acids is 1. The Morgan fingerprint density at radius 2 is 2.13 bits per heavy atom. The van der Waals surface area contributed by atoms with E-state index in [0.717, 1.165) is 16.8 Å². The topological polar surface area (TPSA) is 71.2 Å². The van der Waals surface area contributed by atoms with E-state index in [0.29, 0.717) is 12.1 Å². The molecule has 0 bridgehead atoms. The van der Waals surface area contributed by atoms with E-state index in [1.54, 1.807) is 28.8 Å². The number of anilines is 1. The SMILES string of the molecule is CN(CC(=O)O)c1ccc2c(c1)nnn2Cc1cccc(F)c1. The number of halogens is 1. The predicted molar refractivity (Wildman–Crippen MR) is 83.9 cm³/mol. The molecule has 1 N–H and O–H groups in total. The lowest BCUT2D eigenvalue weighted by atomic mass is 10.2. The maximum Gasteiger partial charge on any atom is 0.323 e. The molecule has 0 amide bonds. The number of fused-ring (bicyclic) bond motifs is 1. The molecule has 0 unspecified atom stereocenters. The largest absolute Gasteiger partial charge is 0.480 e. The van der Waals surface area contributed by atoms with Crippen LogP contribution in [0.4, 0.5) is 10.1 Å². The normalized spacial score (nSPS) is 10.9. The Bertz CT molecular complexity index is 862. The molecule has 3 aromatic rings. The average molecular weight is 314 g/mol. The van der Waals surface area contributed by atoms with E-state index in [2.05, 4.69) is 10.3 Å². The van der Waals surface area contributed by atoms with Crippen LogP contribution in [0.1, 0.15) is 5.56 Å². The van der Waals surface area contributed by atoms with Gasteiger partial charge in [-0.25, -0.2) is 9.07 Å². The average Bonchev–Trinajstić information content (AvgIpc) is 2.89. The molecule has 1 aromatic heterocycles. The fourth-order valence-electron chi connectivity index (χ4n) is 2.42. The van der Waals surface area contributed by atoms with Crippen molar-refractivity contribution in [2.45, 2.75) is 6.54 Å². The van der Waals surface area contributed by atoms with E-state index in [1.807, 2.05) is 18.2 Å². The molecule has 0 atom stereocenters. The van der Waals surface area contributed by atoms with Crippen LogP contribution >= 0.6 is 0 Å². The van der Waals surface area contributed by atoms with Gasteiger partial charge in [0.05, 0.1) is 12.1 Å². The minimum Gasteiger partial charge on any atom is -0.480 e. The summed E-state index contributed by atoms with van der Waals surface area (Å²) in [5, 5.41) is 17.0. The highest BCUT2D eigenvalue weighted by molar-refractivity contribution is 5.81. The highest BCUT2D eigenvalue weighted by Crippen LogP contribution is 2.20. The smallest absolute Gasteiger partial charge is 0.323 e. The van der Waals surface area contributed by atoms with Crippen molar-refractivity contribution in [3.63, 3.8) is 0 Å². The molecule has 7 heteroatoms. The van der Waals surface area contributed by atoms with Gasteiger partial charge in [0, 0.05) is 12.7 Å². The highest BCUT2D eigenvalue weighted by atomic mass is 19.1. The zero-order valence-corrected chi connectivity index (χ0v) is 12.5. The fourth-order valence-corrected chi connectivity index (χ4v) is 2.42. The molecule has 0 aliphatic carbocycles. The van der Waals surface area contributed by atoms with Crippen LogP contribution in [-0.2, 0) is 11.3 Å². The monoisotopic (exact) mass is 314 g/mol. The van der Waals surface area contributed by atoms with Crippen LogP contribution in [0.5, 0.6) is 0 Å². The van der Waals surface area contributed by atoms with Crippen LogP contribution in [0.2, 0.25) is 0 Å². The van der Waals surface area contributed by atoms with Gasteiger partial charge < -0.3 is 10.0 Å². The number of carboxylic acid groups (broad SMARTS) is 1. The van der Waals surface area contributed by atoms with Crippen LogP contribution in [0.15, 0.2) is 42.5 Å². The number of rotatable bonds is 5. The number of likely N-dealkylation sites (N-methyl/N-ethyl adjacent to an activating group) is 1. The second-order valence-electron chi connectivity index (χ2n) is 5.30. The Morgan fingerprint density at radius 3 is 2.87 bits per heavy atom. The van der Waals surface area contributed by atoms with Crippen LogP contribution in [0, 0.1) is 5.82 Å². The van der Waals surface area contributed by atoms with Gasteiger partial charge in [-0.3, -0.25) is 4.79 Å². The minimum absolute atomic E-state index is 0.0943. The Balaban J connectivity index is 1.88. The first-order valence-electron chi connectivity index (χ1n) is 7.03. The van der Waals surface area contributed by atoms with Crippen molar-refractivity contribution in [1.29, 1.82) is 0 Å². The third-order valence-electron chi connectivity index (χ3n) is 3.53. The first-order valence-corrected chi connectivity index (χ1v) is 7.03. The third-order valence-corrected chi connectivity index (χ3v) is 3.53. The molecule has 118 valence electrons. The fraction of sp³-hybridized carbons (Fsp3) is 0.188. The van der Waals surface area contributed by atoms with Gasteiger partial charge >= 0.3 is 5.97 Å². The highest BCUT2D eigenvalue weighted by Gasteiger charge is 2.10. The standard InChI is InChI=1S/C16H15FN4O2/c1-20(10-16(22)23)13-5-6-15-14(8-13)18-19-21(15)9-11-3-2-4-12(17)7-11/h2-8H,9-10H2,1H3,(H,22,23). The van der Waals surface area contributed by atoms with Gasteiger partial charge in [0.2, 0.25) is 0 Å². The number of carbonyl (C=O) groups is 1. The molecule has 0 fully saturated rings. The van der Waals surface area contributed by atoms with Crippen LogP contribution < -0.4 is 4.90 Å². The molecule has 0 aliphatic rings. The van der Waals surface area contributed by atoms with Crippen LogP contribution in [0.25, 0.3) is 11.0 Å². The third kappa shape index (κ3) is 3.28. The van der Waals surface area contributed by atoms with Crippen molar-refractivity contribution in [3.05, 3.63) is 53.8 Å². The summed E-state index contributed by atoms with van der Waals surface area (Å²) in [7, 11) is 1.70. The van der Waals surface area contributed by atoms with E-state index in [1.165, 1.54) is 12.1 Å². The Morgan fingerprint density at radius 1 is 1.30 bits per heavy atom. The van der Waals surface area contributed by atoms with Crippen LogP contribution in [-0.4, -0.2) is 39.7 Å². The van der Waals surface area contributed by atoms with Crippen molar-refractivity contribution in [2.75, 3.05) is 18.5 Å². The number of benzene rings is 2. The summed E-state index contributed by atoms with van der Waals surface area (Å²) in [5.41, 5.74) is 3.01. The van der Waals surface area contributed by atoms with Crippen molar-refractivity contribution in [1.82, 2.24) is 15.0 Å². The quantitative estimate of drug-likeness (QED) is 0.781. The molecule has 0 radical (unpaired) electrons. The number of nitrogens with zero attached hydrogens (tertiary/aromatic N) is 4. The number of carboxylic acids is 1. The van der Waals surface area contributed by atoms with Crippen molar-refractivity contribution in [2.24, 2.45) is 0 Å². The minimum atomic E-state index is -0.901. The van der Waals surface area contributed by atoms with E-state index in [4.69, 9.17) is 5.11 Å². The molecule has 2 aromatic carbocycles. The van der Waals surface area contributed by atoms with Crippen molar-refractivity contribution in [3.8, 4) is 0 Å². The molecular weight excluding hydrogens is 299 g/mol. The summed E-state index contributed by atoms with van der Waals surface area (Å²) in [4.78, 5) is 12.4. The zero-order chi connectivity index (χ0) is 16.4. The first-order chi connectivity index (χ1) is 11.0. The predicted octanol–water partition coefficient (Wildman–Crippen LogP) is 2.14.